The summed E-state index contributed by atoms with van der Waals surface area (Å²) in [5.74, 6) is 0. The number of hydrogen-bond donors (Lipinski definition) is 1. The molecule has 0 radical (unpaired) electrons. The van der Waals surface area contributed by atoms with Crippen molar-refractivity contribution in [3.8, 4) is 0 Å². The van der Waals surface area contributed by atoms with Crippen molar-refractivity contribution in [2.75, 3.05) is 0 Å². The van der Waals surface area contributed by atoms with Gasteiger partial charge < -0.3 is 0 Å². The fourth-order valence-electron chi connectivity index (χ4n) is 0.585. The van der Waals surface area contributed by atoms with Crippen LogP contribution in [-0.4, -0.2) is 9.78 Å². The van der Waals surface area contributed by atoms with Gasteiger partial charge in [0.1, 0.15) is 5.02 Å². The van der Waals surface area contributed by atoms with Gasteiger partial charge in [-0.3, -0.25) is 19.4 Å². The molecule has 0 saturated heterocycles. The Balaban J connectivity index is 3.62. The number of hydrogen-bond acceptors (Lipinski definition) is 2. The van der Waals surface area contributed by atoms with Gasteiger partial charge in [-0.1, -0.05) is 11.6 Å². The Kier molecular flexibility index (Phi) is 1.63. The standard InChI is InChI=1S/C5H5ClN2O2/c1-8-5(10)3(6)2-4(9)7-8/h2H,1H3,(H,7,9). The van der Waals surface area contributed by atoms with Gasteiger partial charge in [0.15, 0.2) is 0 Å². The summed E-state index contributed by atoms with van der Waals surface area (Å²) in [5.41, 5.74) is -0.784. The normalized spacial score (nSPS) is 9.80. The highest BCUT2D eigenvalue weighted by molar-refractivity contribution is 6.30. The maximum absolute atomic E-state index is 10.8. The molecule has 0 aromatic carbocycles. The van der Waals surface area contributed by atoms with Crippen LogP contribution in [0.1, 0.15) is 0 Å². The molecule has 1 N–H and O–H groups in total. The lowest BCUT2D eigenvalue weighted by molar-refractivity contribution is 0.692. The Morgan fingerprint density at radius 2 is 2.20 bits per heavy atom. The van der Waals surface area contributed by atoms with Crippen molar-refractivity contribution in [3.05, 3.63) is 31.8 Å². The summed E-state index contributed by atoms with van der Waals surface area (Å²) in [6, 6.07) is 1.05. The minimum absolute atomic E-state index is 0.0637. The van der Waals surface area contributed by atoms with E-state index in [2.05, 4.69) is 5.10 Å². The van der Waals surface area contributed by atoms with Gasteiger partial charge in [-0.05, 0) is 0 Å². The van der Waals surface area contributed by atoms with Crippen molar-refractivity contribution < 1.29 is 0 Å². The average Bonchev–Trinajstić information content (AvgIpc) is 1.82. The van der Waals surface area contributed by atoms with Gasteiger partial charge in [0.25, 0.3) is 11.1 Å². The van der Waals surface area contributed by atoms with Gasteiger partial charge in [0.05, 0.1) is 0 Å². The van der Waals surface area contributed by atoms with Crippen LogP contribution >= 0.6 is 11.6 Å². The second-order valence-electron chi connectivity index (χ2n) is 1.83. The van der Waals surface area contributed by atoms with Crippen molar-refractivity contribution in [2.45, 2.75) is 0 Å². The molecule has 54 valence electrons. The van der Waals surface area contributed by atoms with E-state index in [1.54, 1.807) is 0 Å². The zero-order valence-corrected chi connectivity index (χ0v) is 5.97. The van der Waals surface area contributed by atoms with Crippen LogP contribution in [0, 0.1) is 0 Å². The highest BCUT2D eigenvalue weighted by atomic mass is 35.5. The molecule has 5 heteroatoms. The van der Waals surface area contributed by atoms with E-state index >= 15 is 0 Å². The molecule has 0 atom stereocenters. The first-order valence-corrected chi connectivity index (χ1v) is 2.95. The third-order valence-corrected chi connectivity index (χ3v) is 1.32. The van der Waals surface area contributed by atoms with E-state index in [9.17, 15) is 9.59 Å². The topological polar surface area (TPSA) is 54.9 Å². The number of nitrogens with one attached hydrogen (secondary N) is 1. The summed E-state index contributed by atoms with van der Waals surface area (Å²) in [4.78, 5) is 21.3. The van der Waals surface area contributed by atoms with E-state index in [0.717, 1.165) is 10.7 Å². The van der Waals surface area contributed by atoms with E-state index in [4.69, 9.17) is 11.6 Å². The van der Waals surface area contributed by atoms with Crippen LogP contribution in [0.15, 0.2) is 15.7 Å². The summed E-state index contributed by atoms with van der Waals surface area (Å²) < 4.78 is 1.03. The van der Waals surface area contributed by atoms with Crippen LogP contribution in [-0.2, 0) is 7.05 Å². The number of aryl methyl sites for hydroxylation is 1. The molecule has 4 nitrogen and oxygen atoms in total. The molecule has 10 heavy (non-hydrogen) atoms. The second kappa shape index (κ2) is 2.30. The predicted octanol–water partition coefficient (Wildman–Crippen LogP) is -0.273. The molecule has 0 aliphatic carbocycles. The SMILES string of the molecule is Cn1[nH]c(=O)cc(Cl)c1=O. The Morgan fingerprint density at radius 3 is 2.70 bits per heavy atom. The lowest BCUT2D eigenvalue weighted by Gasteiger charge is -1.94. The molecule has 0 fully saturated rings. The molecule has 0 amide bonds. The van der Waals surface area contributed by atoms with E-state index in [-0.39, 0.29) is 10.6 Å². The van der Waals surface area contributed by atoms with Gasteiger partial charge in [-0.25, -0.2) is 0 Å². The third-order valence-electron chi connectivity index (χ3n) is 1.04. The number of aromatic amines is 1. The number of nitrogens with zero attached hydrogens (tertiary/aromatic N) is 1. The molecule has 1 aromatic heterocycles. The fourth-order valence-corrected chi connectivity index (χ4v) is 0.811. The maximum atomic E-state index is 10.8. The average molecular weight is 161 g/mol. The highest BCUT2D eigenvalue weighted by Gasteiger charge is 1.97. The Hall–Kier alpha value is -1.03. The zero-order valence-electron chi connectivity index (χ0n) is 5.22. The molecule has 1 rings (SSSR count). The van der Waals surface area contributed by atoms with E-state index < -0.39 is 5.56 Å². The van der Waals surface area contributed by atoms with Crippen LogP contribution in [0.4, 0.5) is 0 Å². The largest absolute Gasteiger partial charge is 0.283 e. The molecular formula is C5H5ClN2O2. The molecule has 1 aromatic rings. The molecule has 0 saturated carbocycles. The Bertz CT molecular complexity index is 322. The van der Waals surface area contributed by atoms with Gasteiger partial charge in [-0.2, -0.15) is 0 Å². The minimum Gasteiger partial charge on any atom is -0.268 e. The monoisotopic (exact) mass is 160 g/mol. The van der Waals surface area contributed by atoms with Crippen molar-refractivity contribution in [3.63, 3.8) is 0 Å². The Morgan fingerprint density at radius 1 is 1.60 bits per heavy atom. The number of H-pyrrole nitrogens is 1. The van der Waals surface area contributed by atoms with Gasteiger partial charge in [-0.15, -0.1) is 0 Å². The molecular weight excluding hydrogens is 156 g/mol. The summed E-state index contributed by atoms with van der Waals surface area (Å²) in [5, 5.41) is 2.18. The first-order chi connectivity index (χ1) is 4.61. The summed E-state index contributed by atoms with van der Waals surface area (Å²) >= 11 is 5.37. The van der Waals surface area contributed by atoms with Crippen molar-refractivity contribution in [2.24, 2.45) is 7.05 Å². The minimum atomic E-state index is -0.402. The zero-order chi connectivity index (χ0) is 7.72. The third kappa shape index (κ3) is 1.11. The molecule has 0 bridgehead atoms. The van der Waals surface area contributed by atoms with Crippen molar-refractivity contribution in [1.82, 2.24) is 9.78 Å². The van der Waals surface area contributed by atoms with E-state index in [1.807, 2.05) is 0 Å². The first-order valence-electron chi connectivity index (χ1n) is 2.57. The highest BCUT2D eigenvalue weighted by Crippen LogP contribution is 1.91. The van der Waals surface area contributed by atoms with Gasteiger partial charge >= 0.3 is 0 Å². The predicted molar refractivity (Wildman–Crippen MR) is 37.3 cm³/mol. The van der Waals surface area contributed by atoms with Crippen molar-refractivity contribution in [1.29, 1.82) is 0 Å². The molecule has 0 aliphatic rings. The summed E-state index contributed by atoms with van der Waals surface area (Å²) in [6.07, 6.45) is 0. The molecule has 0 spiro atoms. The fraction of sp³-hybridized carbons (Fsp3) is 0.200. The van der Waals surface area contributed by atoms with Crippen LogP contribution in [0.3, 0.4) is 0 Å². The van der Waals surface area contributed by atoms with Crippen LogP contribution in [0.5, 0.6) is 0 Å². The lowest BCUT2D eigenvalue weighted by Crippen LogP contribution is -2.26. The Labute approximate surface area is 61.0 Å². The van der Waals surface area contributed by atoms with E-state index in [1.165, 1.54) is 7.05 Å². The van der Waals surface area contributed by atoms with Gasteiger partial charge in [0.2, 0.25) is 0 Å². The number of rotatable bonds is 0. The van der Waals surface area contributed by atoms with Crippen LogP contribution in [0.25, 0.3) is 0 Å². The smallest absolute Gasteiger partial charge is 0.268 e. The first kappa shape index (κ1) is 7.08. The maximum Gasteiger partial charge on any atom is 0.283 e. The molecule has 0 unspecified atom stereocenters. The molecule has 1 heterocycles. The van der Waals surface area contributed by atoms with Crippen LogP contribution in [0.2, 0.25) is 5.02 Å². The van der Waals surface area contributed by atoms with Crippen molar-refractivity contribution >= 4 is 11.6 Å². The summed E-state index contributed by atoms with van der Waals surface area (Å²) in [7, 11) is 1.43. The lowest BCUT2D eigenvalue weighted by atomic mass is 10.6. The van der Waals surface area contributed by atoms with E-state index in [0.29, 0.717) is 0 Å². The number of aromatic nitrogens is 2. The molecule has 0 aliphatic heterocycles. The number of halogens is 1. The summed E-state index contributed by atoms with van der Waals surface area (Å²) in [6.45, 7) is 0. The quantitative estimate of drug-likeness (QED) is 0.568. The van der Waals surface area contributed by atoms with Crippen LogP contribution < -0.4 is 11.1 Å². The van der Waals surface area contributed by atoms with Gasteiger partial charge in [0, 0.05) is 13.1 Å². The second-order valence-corrected chi connectivity index (χ2v) is 2.24.